The zero-order chi connectivity index (χ0) is 20.1. The Morgan fingerprint density at radius 1 is 1.39 bits per heavy atom. The molecule has 1 aliphatic heterocycles. The zero-order valence-electron chi connectivity index (χ0n) is 16.9. The van der Waals surface area contributed by atoms with Crippen LogP contribution in [0.1, 0.15) is 44.8 Å². The lowest BCUT2D eigenvalue weighted by atomic mass is 10.1. The van der Waals surface area contributed by atoms with E-state index in [4.69, 9.17) is 4.74 Å². The van der Waals surface area contributed by atoms with Crippen LogP contribution in [0.2, 0.25) is 0 Å². The lowest BCUT2D eigenvalue weighted by Crippen LogP contribution is -2.48. The van der Waals surface area contributed by atoms with Crippen LogP contribution in [0.5, 0.6) is 5.75 Å². The van der Waals surface area contributed by atoms with E-state index in [0.29, 0.717) is 24.2 Å². The summed E-state index contributed by atoms with van der Waals surface area (Å²) >= 11 is 0. The molecule has 1 aliphatic rings. The van der Waals surface area contributed by atoms with E-state index < -0.39 is 0 Å². The monoisotopic (exact) mass is 388 g/mol. The topological polar surface area (TPSA) is 76.4 Å². The van der Waals surface area contributed by atoms with E-state index >= 15 is 0 Å². The Bertz CT molecular complexity index is 819. The molecule has 0 fully saturated rings. The average molecular weight is 388 g/mol. The number of rotatable bonds is 6. The Hall–Kier alpha value is -2.64. The van der Waals surface area contributed by atoms with Crippen molar-refractivity contribution in [3.8, 4) is 5.75 Å². The second kappa shape index (κ2) is 9.03. The summed E-state index contributed by atoms with van der Waals surface area (Å²) in [7, 11) is 1.74. The van der Waals surface area contributed by atoms with Crippen molar-refractivity contribution in [3.63, 3.8) is 0 Å². The number of aromatic nitrogens is 3. The van der Waals surface area contributed by atoms with Crippen molar-refractivity contribution in [3.05, 3.63) is 41.7 Å². The first-order valence-corrected chi connectivity index (χ1v) is 9.77. The van der Waals surface area contributed by atoms with Crippen LogP contribution in [-0.4, -0.2) is 46.5 Å². The van der Waals surface area contributed by atoms with Gasteiger partial charge in [-0.05, 0) is 25.5 Å². The quantitative estimate of drug-likeness (QED) is 0.587. The Morgan fingerprint density at radius 2 is 2.21 bits per heavy atom. The number of nitrogens with zero attached hydrogens (tertiary/aromatic N) is 4. The molecule has 0 saturated carbocycles. The zero-order valence-corrected chi connectivity index (χ0v) is 16.9. The van der Waals surface area contributed by atoms with Gasteiger partial charge in [0.05, 0.1) is 13.1 Å². The van der Waals surface area contributed by atoms with Gasteiger partial charge in [-0.15, -0.1) is 0 Å². The highest BCUT2D eigenvalue weighted by molar-refractivity contribution is 5.80. The third-order valence-corrected chi connectivity index (χ3v) is 4.65. The molecule has 2 aromatic rings. The van der Waals surface area contributed by atoms with Crippen molar-refractivity contribution in [2.75, 3.05) is 13.6 Å². The van der Waals surface area contributed by atoms with E-state index in [1.54, 1.807) is 19.2 Å². The molecule has 0 radical (unpaired) electrons. The largest absolute Gasteiger partial charge is 0.489 e. The Morgan fingerprint density at radius 3 is 2.93 bits per heavy atom. The van der Waals surface area contributed by atoms with E-state index in [9.17, 15) is 4.39 Å². The molecule has 2 unspecified atom stereocenters. The first-order chi connectivity index (χ1) is 13.4. The maximum atomic E-state index is 13.3. The van der Waals surface area contributed by atoms with Crippen LogP contribution in [0, 0.1) is 5.82 Å². The number of hydrogen-bond acceptors (Lipinski definition) is 4. The molecular weight excluding hydrogens is 359 g/mol. The van der Waals surface area contributed by atoms with E-state index in [0.717, 1.165) is 31.0 Å². The number of fused-ring (bicyclic) bond motifs is 1. The summed E-state index contributed by atoms with van der Waals surface area (Å²) in [4.78, 5) is 8.92. The highest BCUT2D eigenvalue weighted by atomic mass is 19.1. The maximum Gasteiger partial charge on any atom is 0.191 e. The second-order valence-corrected chi connectivity index (χ2v) is 7.44. The number of nitrogens with one attached hydrogen (secondary N) is 2. The van der Waals surface area contributed by atoms with Gasteiger partial charge >= 0.3 is 0 Å². The number of aliphatic imine (C=N–C) groups is 1. The lowest BCUT2D eigenvalue weighted by molar-refractivity contribution is 0.222. The van der Waals surface area contributed by atoms with Crippen LogP contribution in [-0.2, 0) is 13.0 Å². The molecule has 0 saturated heterocycles. The van der Waals surface area contributed by atoms with Crippen molar-refractivity contribution < 1.29 is 9.13 Å². The summed E-state index contributed by atoms with van der Waals surface area (Å²) in [6.07, 6.45) is 1.74. The SMILES string of the molecule is CN=C(NCC(C)Oc1cccc(F)c1)NC1CCc2nc(C(C)C)nn2C1. The second-order valence-electron chi connectivity index (χ2n) is 7.44. The summed E-state index contributed by atoms with van der Waals surface area (Å²) in [6.45, 7) is 7.47. The molecule has 0 bridgehead atoms. The van der Waals surface area contributed by atoms with Gasteiger partial charge in [-0.25, -0.2) is 14.1 Å². The molecule has 7 nitrogen and oxygen atoms in total. The Labute approximate surface area is 165 Å². The highest BCUT2D eigenvalue weighted by Gasteiger charge is 2.23. The molecule has 0 amide bonds. The number of hydrogen-bond donors (Lipinski definition) is 2. The minimum Gasteiger partial charge on any atom is -0.489 e. The van der Waals surface area contributed by atoms with Crippen molar-refractivity contribution in [2.45, 2.75) is 58.2 Å². The minimum absolute atomic E-state index is 0.137. The molecule has 1 aromatic heterocycles. The van der Waals surface area contributed by atoms with Gasteiger partial charge in [0.15, 0.2) is 11.8 Å². The van der Waals surface area contributed by atoms with Crippen molar-refractivity contribution >= 4 is 5.96 Å². The van der Waals surface area contributed by atoms with Gasteiger partial charge in [-0.1, -0.05) is 19.9 Å². The molecule has 3 rings (SSSR count). The molecule has 2 atom stereocenters. The van der Waals surface area contributed by atoms with Gasteiger partial charge in [0.2, 0.25) is 0 Å². The number of aryl methyl sites for hydroxylation is 1. The molecule has 152 valence electrons. The van der Waals surface area contributed by atoms with Crippen LogP contribution in [0.25, 0.3) is 0 Å². The molecule has 2 N–H and O–H groups in total. The summed E-state index contributed by atoms with van der Waals surface area (Å²) in [5.74, 6) is 3.22. The Balaban J connectivity index is 1.49. The smallest absolute Gasteiger partial charge is 0.191 e. The first kappa shape index (κ1) is 20.1. The van der Waals surface area contributed by atoms with Crippen LogP contribution in [0.4, 0.5) is 4.39 Å². The van der Waals surface area contributed by atoms with E-state index in [-0.39, 0.29) is 18.0 Å². The number of benzene rings is 1. The molecule has 8 heteroatoms. The van der Waals surface area contributed by atoms with Gasteiger partial charge in [0.25, 0.3) is 0 Å². The average Bonchev–Trinajstić information content (AvgIpc) is 3.09. The van der Waals surface area contributed by atoms with Crippen molar-refractivity contribution in [1.29, 1.82) is 0 Å². The lowest BCUT2D eigenvalue weighted by Gasteiger charge is -2.26. The molecule has 28 heavy (non-hydrogen) atoms. The van der Waals surface area contributed by atoms with E-state index in [1.807, 2.05) is 11.6 Å². The fraction of sp³-hybridized carbons (Fsp3) is 0.550. The summed E-state index contributed by atoms with van der Waals surface area (Å²) in [5, 5.41) is 11.3. The van der Waals surface area contributed by atoms with Crippen LogP contribution < -0.4 is 15.4 Å². The summed E-state index contributed by atoms with van der Waals surface area (Å²) in [6, 6.07) is 6.40. The summed E-state index contributed by atoms with van der Waals surface area (Å²) in [5.41, 5.74) is 0. The Kier molecular flexibility index (Phi) is 6.49. The van der Waals surface area contributed by atoms with Gasteiger partial charge in [0.1, 0.15) is 23.5 Å². The highest BCUT2D eigenvalue weighted by Crippen LogP contribution is 2.17. The van der Waals surface area contributed by atoms with Crippen LogP contribution in [0.15, 0.2) is 29.3 Å². The van der Waals surface area contributed by atoms with E-state index in [1.165, 1.54) is 12.1 Å². The fourth-order valence-corrected chi connectivity index (χ4v) is 3.13. The summed E-state index contributed by atoms with van der Waals surface area (Å²) < 4.78 is 21.0. The minimum atomic E-state index is -0.305. The standard InChI is InChI=1S/C20H29FN6O/c1-13(2)19-25-18-9-8-16(12-27(18)26-19)24-20(22-4)23-11-14(3)28-17-7-5-6-15(21)10-17/h5-7,10,13-14,16H,8-9,11-12H2,1-4H3,(H2,22,23,24). The maximum absolute atomic E-state index is 13.3. The first-order valence-electron chi connectivity index (χ1n) is 9.77. The molecule has 1 aromatic carbocycles. The predicted molar refractivity (Wildman–Crippen MR) is 107 cm³/mol. The molecule has 0 spiro atoms. The van der Waals surface area contributed by atoms with Crippen LogP contribution >= 0.6 is 0 Å². The molecule has 2 heterocycles. The van der Waals surface area contributed by atoms with Gasteiger partial charge in [-0.3, -0.25) is 4.99 Å². The normalized spacial score (nSPS) is 17.9. The van der Waals surface area contributed by atoms with Gasteiger partial charge < -0.3 is 15.4 Å². The fourth-order valence-electron chi connectivity index (χ4n) is 3.13. The number of guanidine groups is 1. The van der Waals surface area contributed by atoms with Crippen molar-refractivity contribution in [2.24, 2.45) is 4.99 Å². The molecule has 0 aliphatic carbocycles. The number of ether oxygens (including phenoxy) is 1. The van der Waals surface area contributed by atoms with Gasteiger partial charge in [0, 0.05) is 31.5 Å². The molecular formula is C20H29FN6O. The van der Waals surface area contributed by atoms with Crippen molar-refractivity contribution in [1.82, 2.24) is 25.4 Å². The van der Waals surface area contributed by atoms with Crippen LogP contribution in [0.3, 0.4) is 0 Å². The number of halogens is 1. The third-order valence-electron chi connectivity index (χ3n) is 4.65. The third kappa shape index (κ3) is 5.21. The van der Waals surface area contributed by atoms with Gasteiger partial charge in [-0.2, -0.15) is 5.10 Å². The van der Waals surface area contributed by atoms with E-state index in [2.05, 4.69) is 39.6 Å². The predicted octanol–water partition coefficient (Wildman–Crippen LogP) is 2.49.